The zero-order valence-electron chi connectivity index (χ0n) is 30.5. The first kappa shape index (κ1) is 40.4. The van der Waals surface area contributed by atoms with E-state index in [1.807, 2.05) is 4.90 Å². The summed E-state index contributed by atoms with van der Waals surface area (Å²) in [5.74, 6) is -1.35. The van der Waals surface area contributed by atoms with Crippen molar-refractivity contribution in [3.63, 3.8) is 0 Å². The minimum absolute atomic E-state index is 0.0567. The van der Waals surface area contributed by atoms with Crippen LogP contribution < -0.4 is 10.1 Å². The summed E-state index contributed by atoms with van der Waals surface area (Å²) in [5.41, 5.74) is -2.15. The summed E-state index contributed by atoms with van der Waals surface area (Å²) in [6.07, 6.45) is -8.29. The number of methoxy groups -OCH3 is 1. The molecule has 4 aromatic rings. The number of amides is 1. The van der Waals surface area contributed by atoms with Gasteiger partial charge in [-0.3, -0.25) is 14.6 Å². The summed E-state index contributed by atoms with van der Waals surface area (Å²) in [6.45, 7) is 6.54. The second kappa shape index (κ2) is 16.1. The molecule has 16 heteroatoms. The second-order valence-electron chi connectivity index (χ2n) is 14.0. The number of rotatable bonds is 10. The van der Waals surface area contributed by atoms with E-state index in [0.717, 1.165) is 44.1 Å². The molecule has 2 saturated heterocycles. The Bertz CT molecular complexity index is 2120. The van der Waals surface area contributed by atoms with Crippen molar-refractivity contribution < 1.29 is 49.0 Å². The van der Waals surface area contributed by atoms with Crippen LogP contribution in [0.15, 0.2) is 71.6 Å². The molecular weight excluding hydrogens is 751 g/mol. The number of carbonyl (C=O) groups excluding carboxylic acids is 1. The van der Waals surface area contributed by atoms with Gasteiger partial charge in [0.15, 0.2) is 15.9 Å². The van der Waals surface area contributed by atoms with Gasteiger partial charge in [-0.05, 0) is 69.6 Å². The Labute approximate surface area is 315 Å². The summed E-state index contributed by atoms with van der Waals surface area (Å²) in [5, 5.41) is 1.01. The quantitative estimate of drug-likeness (QED) is 0.166. The molecule has 55 heavy (non-hydrogen) atoms. The molecule has 1 N–H and O–H groups in total. The molecule has 0 aliphatic carbocycles. The van der Waals surface area contributed by atoms with Crippen LogP contribution in [0.4, 0.5) is 26.3 Å². The van der Waals surface area contributed by atoms with Crippen molar-refractivity contribution in [3.05, 3.63) is 89.0 Å². The predicted octanol–water partition coefficient (Wildman–Crippen LogP) is 7.44. The molecule has 2 aliphatic rings. The van der Waals surface area contributed by atoms with Gasteiger partial charge in [0.1, 0.15) is 10.6 Å². The Hall–Kier alpha value is -4.25. The van der Waals surface area contributed by atoms with E-state index in [4.69, 9.17) is 14.5 Å². The molecule has 0 saturated carbocycles. The Balaban J connectivity index is 1.60. The number of carbonyl (C=O) groups is 1. The van der Waals surface area contributed by atoms with Crippen molar-refractivity contribution in [3.8, 4) is 17.0 Å². The number of benzene rings is 3. The molecule has 3 heterocycles. The lowest BCUT2D eigenvalue weighted by atomic mass is 9.93. The molecule has 2 fully saturated rings. The maximum Gasteiger partial charge on any atom is 0.416 e. The third-order valence-corrected chi connectivity index (χ3v) is 12.4. The molecule has 3 aromatic carbocycles. The van der Waals surface area contributed by atoms with E-state index in [1.165, 1.54) is 69.5 Å². The fraction of sp³-hybridized carbons (Fsp3) is 0.436. The van der Waals surface area contributed by atoms with Gasteiger partial charge in [0.2, 0.25) is 0 Å². The number of halogens is 6. The number of piperidine rings is 1. The third-order valence-electron chi connectivity index (χ3n) is 10.2. The van der Waals surface area contributed by atoms with E-state index in [0.29, 0.717) is 26.3 Å². The highest BCUT2D eigenvalue weighted by Crippen LogP contribution is 2.41. The van der Waals surface area contributed by atoms with Crippen molar-refractivity contribution in [2.75, 3.05) is 46.5 Å². The topological polar surface area (TPSA) is 101 Å². The number of pyridine rings is 1. The number of alkyl halides is 6. The Morgan fingerprint density at radius 3 is 2.22 bits per heavy atom. The number of hydrogen-bond acceptors (Lipinski definition) is 8. The second-order valence-corrected chi connectivity index (χ2v) is 16.4. The predicted molar refractivity (Wildman–Crippen MR) is 194 cm³/mol. The molecule has 1 atom stereocenters. The fourth-order valence-electron chi connectivity index (χ4n) is 7.30. The molecule has 0 bridgehead atoms. The van der Waals surface area contributed by atoms with Crippen molar-refractivity contribution in [2.24, 2.45) is 0 Å². The average Bonchev–Trinajstić information content (AvgIpc) is 3.16. The number of nitrogens with one attached hydrogen (secondary N) is 1. The van der Waals surface area contributed by atoms with Crippen molar-refractivity contribution >= 4 is 26.6 Å². The number of nitrogens with zero attached hydrogens (tertiary/aromatic N) is 3. The number of fused-ring (bicyclic) bond motifs is 1. The molecule has 1 aromatic heterocycles. The van der Waals surface area contributed by atoms with Gasteiger partial charge in [-0.2, -0.15) is 26.3 Å². The highest BCUT2D eigenvalue weighted by molar-refractivity contribution is 7.92. The lowest BCUT2D eigenvalue weighted by molar-refractivity contribution is -0.155. The van der Waals surface area contributed by atoms with Crippen LogP contribution in [0.3, 0.4) is 0 Å². The van der Waals surface area contributed by atoms with Crippen molar-refractivity contribution in [1.29, 1.82) is 0 Å². The van der Waals surface area contributed by atoms with Gasteiger partial charge in [0, 0.05) is 42.2 Å². The minimum Gasteiger partial charge on any atom is -0.495 e. The van der Waals surface area contributed by atoms with Crippen LogP contribution in [0.2, 0.25) is 0 Å². The Kier molecular flexibility index (Phi) is 11.8. The van der Waals surface area contributed by atoms with Crippen LogP contribution in [-0.2, 0) is 27.3 Å². The SMILES string of the molecule is COc1ccc2c(C(=O)N[C@H](c3ccccc3)C(F)(F)F)c(CN3CCC(N4CCOCC4)CC3)c(-c3cccc(C(F)(F)F)c3)nc2c1S(=O)(=O)C(C)C. The van der Waals surface area contributed by atoms with Gasteiger partial charge < -0.3 is 14.8 Å². The lowest BCUT2D eigenvalue weighted by Crippen LogP contribution is -2.48. The van der Waals surface area contributed by atoms with Crippen molar-refractivity contribution in [2.45, 2.75) is 67.8 Å². The molecule has 1 amide bonds. The number of sulfone groups is 1. The summed E-state index contributed by atoms with van der Waals surface area (Å²) in [6, 6.07) is 11.4. The van der Waals surface area contributed by atoms with Gasteiger partial charge in [-0.15, -0.1) is 0 Å². The fourth-order valence-corrected chi connectivity index (χ4v) is 8.63. The van der Waals surface area contributed by atoms with Crippen LogP contribution in [0, 0.1) is 0 Å². The number of ether oxygens (including phenoxy) is 2. The van der Waals surface area contributed by atoms with E-state index < -0.39 is 49.8 Å². The summed E-state index contributed by atoms with van der Waals surface area (Å²) in [7, 11) is -3.04. The number of hydrogen-bond donors (Lipinski definition) is 1. The zero-order valence-corrected chi connectivity index (χ0v) is 31.3. The smallest absolute Gasteiger partial charge is 0.416 e. The number of morpholine rings is 1. The normalized spacial score (nSPS) is 17.4. The van der Waals surface area contributed by atoms with E-state index in [1.54, 1.807) is 0 Å². The van der Waals surface area contributed by atoms with Crippen LogP contribution in [0.5, 0.6) is 5.75 Å². The van der Waals surface area contributed by atoms with Crippen molar-refractivity contribution in [1.82, 2.24) is 20.1 Å². The van der Waals surface area contributed by atoms with E-state index in [2.05, 4.69) is 10.2 Å². The van der Waals surface area contributed by atoms with Crippen LogP contribution >= 0.6 is 0 Å². The standard InChI is InChI=1S/C39H42F6N4O5S/c1-24(2)55(51,52)35-31(53-3)13-12-29-32(37(50)47-36(39(43,44)45)25-8-5-4-6-9-25)30(23-48-16-14-28(15-17-48)49-18-20-54-21-19-49)33(46-34(29)35)26-10-7-11-27(22-26)38(40,41)42/h4-13,22,24,28,36H,14-21,23H2,1-3H3,(H,47,50)/t36-/m1/s1. The monoisotopic (exact) mass is 792 g/mol. The molecule has 0 unspecified atom stereocenters. The molecule has 6 rings (SSSR count). The van der Waals surface area contributed by atoms with E-state index >= 15 is 0 Å². The zero-order chi connectivity index (χ0) is 39.7. The highest BCUT2D eigenvalue weighted by Gasteiger charge is 2.43. The van der Waals surface area contributed by atoms with Gasteiger partial charge in [-0.25, -0.2) is 13.4 Å². The maximum atomic E-state index is 14.7. The van der Waals surface area contributed by atoms with Gasteiger partial charge in [-0.1, -0.05) is 42.5 Å². The Morgan fingerprint density at radius 1 is 0.945 bits per heavy atom. The molecule has 9 nitrogen and oxygen atoms in total. The van der Waals surface area contributed by atoms with Gasteiger partial charge >= 0.3 is 12.4 Å². The van der Waals surface area contributed by atoms with Crippen LogP contribution in [0.1, 0.15) is 59.8 Å². The number of likely N-dealkylation sites (tertiary alicyclic amines) is 1. The number of aromatic nitrogens is 1. The first-order valence-corrected chi connectivity index (χ1v) is 19.5. The van der Waals surface area contributed by atoms with Crippen LogP contribution in [-0.4, -0.2) is 93.1 Å². The third kappa shape index (κ3) is 8.61. The molecule has 0 spiro atoms. The highest BCUT2D eigenvalue weighted by atomic mass is 32.2. The average molecular weight is 793 g/mol. The Morgan fingerprint density at radius 2 is 1.62 bits per heavy atom. The molecular formula is C39H42F6N4O5S. The van der Waals surface area contributed by atoms with Crippen LogP contribution in [0.25, 0.3) is 22.2 Å². The summed E-state index contributed by atoms with van der Waals surface area (Å²) in [4.78, 5) is 23.3. The van der Waals surface area contributed by atoms with E-state index in [9.17, 15) is 39.6 Å². The summed E-state index contributed by atoms with van der Waals surface area (Å²) >= 11 is 0. The van der Waals surface area contributed by atoms with E-state index in [-0.39, 0.29) is 57.2 Å². The lowest BCUT2D eigenvalue weighted by Gasteiger charge is -2.40. The first-order chi connectivity index (χ1) is 26.0. The molecule has 2 aliphatic heterocycles. The molecule has 0 radical (unpaired) electrons. The maximum absolute atomic E-state index is 14.7. The first-order valence-electron chi connectivity index (χ1n) is 17.9. The summed E-state index contributed by atoms with van der Waals surface area (Å²) < 4.78 is 125. The minimum atomic E-state index is -4.96. The van der Waals surface area contributed by atoms with Gasteiger partial charge in [0.05, 0.1) is 47.9 Å². The molecule has 296 valence electrons. The largest absolute Gasteiger partial charge is 0.495 e. The van der Waals surface area contributed by atoms with Gasteiger partial charge in [0.25, 0.3) is 5.91 Å².